The summed E-state index contributed by atoms with van der Waals surface area (Å²) in [7, 11) is 0. The maximum absolute atomic E-state index is 10.0. The lowest BCUT2D eigenvalue weighted by molar-refractivity contribution is 0.122. The highest BCUT2D eigenvalue weighted by Gasteiger charge is 2.45. The quantitative estimate of drug-likeness (QED) is 0.834. The molecule has 3 rings (SSSR count). The van der Waals surface area contributed by atoms with Crippen molar-refractivity contribution < 1.29 is 5.11 Å². The van der Waals surface area contributed by atoms with Crippen molar-refractivity contribution in [1.82, 2.24) is 14.9 Å². The number of imidazole rings is 1. The molecular weight excluding hydrogens is 250 g/mol. The van der Waals surface area contributed by atoms with Crippen LogP contribution < -0.4 is 5.32 Å². The highest BCUT2D eigenvalue weighted by Crippen LogP contribution is 2.41. The van der Waals surface area contributed by atoms with Crippen LogP contribution in [-0.4, -0.2) is 33.3 Å². The smallest absolute Gasteiger partial charge is 0.106 e. The van der Waals surface area contributed by atoms with Crippen molar-refractivity contribution in [3.05, 3.63) is 17.2 Å². The number of aryl methyl sites for hydroxylation is 2. The number of hydrogen-bond donors (Lipinski definition) is 2. The molecule has 1 heterocycles. The van der Waals surface area contributed by atoms with Crippen molar-refractivity contribution in [1.29, 1.82) is 0 Å². The zero-order valence-corrected chi connectivity index (χ0v) is 12.8. The predicted octanol–water partition coefficient (Wildman–Crippen LogP) is 1.82. The highest BCUT2D eigenvalue weighted by atomic mass is 16.3. The number of fused-ring (bicyclic) bond motifs is 1. The van der Waals surface area contributed by atoms with Gasteiger partial charge < -0.3 is 15.0 Å². The first kappa shape index (κ1) is 14.1. The van der Waals surface area contributed by atoms with Crippen LogP contribution in [0.15, 0.2) is 0 Å². The van der Waals surface area contributed by atoms with Crippen LogP contribution in [0.3, 0.4) is 0 Å². The lowest BCUT2D eigenvalue weighted by atomic mass is 9.93. The molecule has 0 spiro atoms. The Bertz CT molecular complexity index is 478. The molecule has 112 valence electrons. The number of nitrogens with one attached hydrogen (secondary N) is 1. The molecule has 0 radical (unpaired) electrons. The third kappa shape index (κ3) is 2.40. The van der Waals surface area contributed by atoms with Crippen molar-refractivity contribution in [2.45, 2.75) is 64.5 Å². The molecule has 4 nitrogen and oxygen atoms in total. The van der Waals surface area contributed by atoms with E-state index >= 15 is 0 Å². The van der Waals surface area contributed by atoms with Crippen LogP contribution in [0.4, 0.5) is 0 Å². The molecule has 2 N–H and O–H groups in total. The van der Waals surface area contributed by atoms with Crippen LogP contribution in [-0.2, 0) is 19.4 Å². The second kappa shape index (κ2) is 5.49. The van der Waals surface area contributed by atoms with Gasteiger partial charge in [-0.2, -0.15) is 0 Å². The summed E-state index contributed by atoms with van der Waals surface area (Å²) in [5.41, 5.74) is 2.57. The molecule has 4 heteroatoms. The minimum atomic E-state index is -0.147. The fourth-order valence-electron chi connectivity index (χ4n) is 3.78. The summed E-state index contributed by atoms with van der Waals surface area (Å²) in [6.07, 6.45) is 7.29. The van der Waals surface area contributed by atoms with E-state index in [1.807, 2.05) is 0 Å². The molecule has 0 saturated heterocycles. The second-order valence-electron chi connectivity index (χ2n) is 6.46. The minimum Gasteiger partial charge on any atom is -0.394 e. The van der Waals surface area contributed by atoms with Crippen molar-refractivity contribution in [3.63, 3.8) is 0 Å². The Hall–Kier alpha value is -0.870. The SMILES string of the molecule is CCNC(CO)(Cn1c(C)nc2c1CCCC2)C1CC1. The summed E-state index contributed by atoms with van der Waals surface area (Å²) in [5, 5.41) is 13.6. The summed E-state index contributed by atoms with van der Waals surface area (Å²) in [6.45, 7) is 6.24. The molecule has 1 atom stereocenters. The van der Waals surface area contributed by atoms with E-state index in [1.165, 1.54) is 37.1 Å². The Balaban J connectivity index is 1.90. The number of likely N-dealkylation sites (N-methyl/N-ethyl adjacent to an activating group) is 1. The average molecular weight is 277 g/mol. The van der Waals surface area contributed by atoms with Crippen LogP contribution in [0.2, 0.25) is 0 Å². The Morgan fingerprint density at radius 1 is 1.35 bits per heavy atom. The van der Waals surface area contributed by atoms with Gasteiger partial charge in [-0.15, -0.1) is 0 Å². The van der Waals surface area contributed by atoms with E-state index in [0.29, 0.717) is 5.92 Å². The lowest BCUT2D eigenvalue weighted by Crippen LogP contribution is -2.54. The van der Waals surface area contributed by atoms with E-state index < -0.39 is 0 Å². The Morgan fingerprint density at radius 3 is 2.75 bits per heavy atom. The van der Waals surface area contributed by atoms with Crippen molar-refractivity contribution in [2.75, 3.05) is 13.2 Å². The standard InChI is InChI=1S/C16H27N3O/c1-3-17-16(11-20,13-8-9-13)10-19-12(2)18-14-6-4-5-7-15(14)19/h13,17,20H,3-11H2,1-2H3. The molecule has 1 unspecified atom stereocenters. The molecule has 1 saturated carbocycles. The zero-order valence-electron chi connectivity index (χ0n) is 12.8. The number of aromatic nitrogens is 2. The molecule has 20 heavy (non-hydrogen) atoms. The van der Waals surface area contributed by atoms with Crippen LogP contribution in [0.1, 0.15) is 49.8 Å². The molecule has 0 amide bonds. The van der Waals surface area contributed by atoms with Crippen molar-refractivity contribution in [2.24, 2.45) is 5.92 Å². The fraction of sp³-hybridized carbons (Fsp3) is 0.812. The van der Waals surface area contributed by atoms with Gasteiger partial charge in [0.15, 0.2) is 0 Å². The van der Waals surface area contributed by atoms with E-state index in [0.717, 1.165) is 31.8 Å². The molecule has 1 aromatic heterocycles. The van der Waals surface area contributed by atoms with E-state index in [1.54, 1.807) is 0 Å². The third-order valence-electron chi connectivity index (χ3n) is 5.03. The molecule has 0 bridgehead atoms. The fourth-order valence-corrected chi connectivity index (χ4v) is 3.78. The molecule has 0 aromatic carbocycles. The molecule has 2 aliphatic carbocycles. The Kier molecular flexibility index (Phi) is 3.87. The largest absolute Gasteiger partial charge is 0.394 e. The van der Waals surface area contributed by atoms with Gasteiger partial charge in [0.1, 0.15) is 5.82 Å². The first-order valence-electron chi connectivity index (χ1n) is 8.11. The summed E-state index contributed by atoms with van der Waals surface area (Å²) < 4.78 is 2.38. The molecule has 0 aliphatic heterocycles. The topological polar surface area (TPSA) is 50.1 Å². The first-order chi connectivity index (χ1) is 9.70. The van der Waals surface area contributed by atoms with Gasteiger partial charge in [-0.1, -0.05) is 6.92 Å². The van der Waals surface area contributed by atoms with Gasteiger partial charge in [-0.25, -0.2) is 4.98 Å². The van der Waals surface area contributed by atoms with Crippen LogP contribution in [0.25, 0.3) is 0 Å². The summed E-state index contributed by atoms with van der Waals surface area (Å²) in [5.74, 6) is 1.74. The van der Waals surface area contributed by atoms with E-state index in [-0.39, 0.29) is 12.1 Å². The minimum absolute atomic E-state index is 0.147. The third-order valence-corrected chi connectivity index (χ3v) is 5.03. The molecule has 2 aliphatic rings. The molecule has 1 aromatic rings. The maximum atomic E-state index is 10.0. The Morgan fingerprint density at radius 2 is 2.10 bits per heavy atom. The van der Waals surface area contributed by atoms with Gasteiger partial charge >= 0.3 is 0 Å². The summed E-state index contributed by atoms with van der Waals surface area (Å²) in [4.78, 5) is 4.76. The van der Waals surface area contributed by atoms with Crippen molar-refractivity contribution >= 4 is 0 Å². The zero-order chi connectivity index (χ0) is 14.2. The summed E-state index contributed by atoms with van der Waals surface area (Å²) in [6, 6.07) is 0. The highest BCUT2D eigenvalue weighted by molar-refractivity contribution is 5.21. The maximum Gasteiger partial charge on any atom is 0.106 e. The second-order valence-corrected chi connectivity index (χ2v) is 6.46. The monoisotopic (exact) mass is 277 g/mol. The van der Waals surface area contributed by atoms with Crippen LogP contribution in [0.5, 0.6) is 0 Å². The lowest BCUT2D eigenvalue weighted by Gasteiger charge is -2.35. The number of nitrogens with zero attached hydrogens (tertiary/aromatic N) is 2. The number of aliphatic hydroxyl groups excluding tert-OH is 1. The predicted molar refractivity (Wildman–Crippen MR) is 79.8 cm³/mol. The van der Waals surface area contributed by atoms with Gasteiger partial charge in [-0.3, -0.25) is 0 Å². The molecule has 1 fully saturated rings. The molecular formula is C16H27N3O. The van der Waals surface area contributed by atoms with Gasteiger partial charge in [0, 0.05) is 12.2 Å². The average Bonchev–Trinajstić information content (AvgIpc) is 3.25. The Labute approximate surface area is 121 Å². The normalized spacial score (nSPS) is 21.6. The number of rotatable bonds is 6. The van der Waals surface area contributed by atoms with Crippen LogP contribution >= 0.6 is 0 Å². The van der Waals surface area contributed by atoms with Gasteiger partial charge in [0.25, 0.3) is 0 Å². The van der Waals surface area contributed by atoms with Gasteiger partial charge in [0.2, 0.25) is 0 Å². The van der Waals surface area contributed by atoms with E-state index in [2.05, 4.69) is 23.7 Å². The number of hydrogen-bond acceptors (Lipinski definition) is 3. The van der Waals surface area contributed by atoms with Crippen LogP contribution in [0, 0.1) is 12.8 Å². The summed E-state index contributed by atoms with van der Waals surface area (Å²) >= 11 is 0. The first-order valence-corrected chi connectivity index (χ1v) is 8.11. The van der Waals surface area contributed by atoms with E-state index in [4.69, 9.17) is 4.98 Å². The number of aliphatic hydroxyl groups is 1. The van der Waals surface area contributed by atoms with Crippen molar-refractivity contribution in [3.8, 4) is 0 Å². The van der Waals surface area contributed by atoms with Gasteiger partial charge in [0.05, 0.1) is 17.8 Å². The van der Waals surface area contributed by atoms with E-state index in [9.17, 15) is 5.11 Å². The van der Waals surface area contributed by atoms with Gasteiger partial charge in [-0.05, 0) is 57.9 Å².